The summed E-state index contributed by atoms with van der Waals surface area (Å²) in [7, 11) is 0. The van der Waals surface area contributed by atoms with Gasteiger partial charge in [0.1, 0.15) is 5.82 Å². The Bertz CT molecular complexity index is 1250. The molecule has 0 radical (unpaired) electrons. The number of rotatable bonds is 3. The van der Waals surface area contributed by atoms with Crippen LogP contribution in [-0.2, 0) is 4.79 Å². The minimum Gasteiger partial charge on any atom is -0.384 e. The van der Waals surface area contributed by atoms with Gasteiger partial charge in [0.25, 0.3) is 0 Å². The van der Waals surface area contributed by atoms with E-state index in [1.54, 1.807) is 4.52 Å². The van der Waals surface area contributed by atoms with E-state index in [0.717, 1.165) is 41.9 Å². The zero-order valence-corrected chi connectivity index (χ0v) is 16.6. The van der Waals surface area contributed by atoms with Crippen molar-refractivity contribution in [2.24, 2.45) is 5.73 Å². The van der Waals surface area contributed by atoms with Gasteiger partial charge in [-0.1, -0.05) is 36.4 Å². The number of nitrogens with zero attached hydrogens (tertiary/aromatic N) is 3. The highest BCUT2D eigenvalue weighted by Gasteiger charge is 2.24. The van der Waals surface area contributed by atoms with E-state index in [0.29, 0.717) is 12.2 Å². The second-order valence-corrected chi connectivity index (χ2v) is 7.93. The van der Waals surface area contributed by atoms with E-state index < -0.39 is 0 Å². The molecule has 0 saturated carbocycles. The molecule has 0 aliphatic carbocycles. The first kappa shape index (κ1) is 18.6. The summed E-state index contributed by atoms with van der Waals surface area (Å²) in [6.45, 7) is 0.724. The van der Waals surface area contributed by atoms with Crippen molar-refractivity contribution < 1.29 is 4.79 Å². The average Bonchev–Trinajstić information content (AvgIpc) is 3.02. The molecule has 4 aromatic rings. The molecular formula is C23H24N6O. The van der Waals surface area contributed by atoms with E-state index in [4.69, 9.17) is 16.5 Å². The molecule has 7 nitrogen and oxygen atoms in total. The number of aromatic nitrogens is 3. The third-order valence-electron chi connectivity index (χ3n) is 6.03. The van der Waals surface area contributed by atoms with Crippen molar-refractivity contribution >= 4 is 28.1 Å². The number of hydrogen-bond acceptors (Lipinski definition) is 5. The molecule has 5 N–H and O–H groups in total. The predicted octanol–water partition coefficient (Wildman–Crippen LogP) is 2.84. The molecule has 2 atom stereocenters. The third-order valence-corrected chi connectivity index (χ3v) is 6.03. The molecule has 7 heteroatoms. The number of anilines is 1. The maximum atomic E-state index is 11.6. The molecule has 2 aromatic heterocycles. The predicted molar refractivity (Wildman–Crippen MR) is 118 cm³/mol. The molecular weight excluding hydrogens is 376 g/mol. The van der Waals surface area contributed by atoms with Gasteiger partial charge >= 0.3 is 0 Å². The fourth-order valence-corrected chi connectivity index (χ4v) is 4.36. The molecule has 2 aromatic carbocycles. The molecule has 1 saturated heterocycles. The van der Waals surface area contributed by atoms with E-state index in [9.17, 15) is 4.79 Å². The molecule has 1 amide bonds. The van der Waals surface area contributed by atoms with Crippen molar-refractivity contribution in [2.45, 2.75) is 31.2 Å². The van der Waals surface area contributed by atoms with Crippen molar-refractivity contribution in [3.63, 3.8) is 0 Å². The topological polar surface area (TPSA) is 111 Å². The van der Waals surface area contributed by atoms with Gasteiger partial charge in [-0.15, -0.1) is 0 Å². The number of amides is 1. The Balaban J connectivity index is 1.55. The fourth-order valence-electron chi connectivity index (χ4n) is 4.36. The lowest BCUT2D eigenvalue weighted by Gasteiger charge is -2.15. The van der Waals surface area contributed by atoms with E-state index in [1.807, 2.05) is 24.4 Å². The van der Waals surface area contributed by atoms with Crippen LogP contribution >= 0.6 is 0 Å². The molecule has 152 valence electrons. The van der Waals surface area contributed by atoms with Crippen LogP contribution in [0.2, 0.25) is 0 Å². The van der Waals surface area contributed by atoms with Gasteiger partial charge in [-0.3, -0.25) is 4.79 Å². The van der Waals surface area contributed by atoms with Gasteiger partial charge in [-0.05, 0) is 48.2 Å². The average molecular weight is 400 g/mol. The van der Waals surface area contributed by atoms with E-state index in [-0.39, 0.29) is 17.9 Å². The minimum atomic E-state index is -0.298. The first-order chi connectivity index (χ1) is 14.6. The number of nitrogens with one attached hydrogen (secondary N) is 1. The van der Waals surface area contributed by atoms with Gasteiger partial charge in [0.2, 0.25) is 5.91 Å². The quantitative estimate of drug-likeness (QED) is 0.490. The maximum absolute atomic E-state index is 11.6. The SMILES string of the molecule is NC(=O)C1CCC(c2cc(N)n3ncc(-c4ccc5ccccc5c4)c3n2)CCN1. The van der Waals surface area contributed by atoms with Crippen LogP contribution in [0.3, 0.4) is 0 Å². The molecule has 5 rings (SSSR count). The van der Waals surface area contributed by atoms with Crippen LogP contribution < -0.4 is 16.8 Å². The highest BCUT2D eigenvalue weighted by Crippen LogP contribution is 2.32. The van der Waals surface area contributed by atoms with Gasteiger partial charge in [0.05, 0.1) is 12.2 Å². The van der Waals surface area contributed by atoms with Crippen LogP contribution in [0.15, 0.2) is 54.7 Å². The van der Waals surface area contributed by atoms with Gasteiger partial charge in [0.15, 0.2) is 5.65 Å². The van der Waals surface area contributed by atoms with E-state index in [1.165, 1.54) is 10.8 Å². The molecule has 3 heterocycles. The minimum absolute atomic E-state index is 0.216. The number of nitrogen functional groups attached to an aromatic ring is 1. The van der Waals surface area contributed by atoms with Crippen LogP contribution in [0.5, 0.6) is 0 Å². The van der Waals surface area contributed by atoms with Gasteiger partial charge in [0, 0.05) is 23.2 Å². The Hall–Kier alpha value is -3.45. The largest absolute Gasteiger partial charge is 0.384 e. The number of nitrogens with two attached hydrogens (primary N) is 2. The monoisotopic (exact) mass is 400 g/mol. The summed E-state index contributed by atoms with van der Waals surface area (Å²) in [5.74, 6) is 0.479. The number of benzene rings is 2. The van der Waals surface area contributed by atoms with Crippen molar-refractivity contribution in [3.05, 3.63) is 60.4 Å². The van der Waals surface area contributed by atoms with Crippen LogP contribution in [0.4, 0.5) is 5.82 Å². The Labute approximate surface area is 174 Å². The van der Waals surface area contributed by atoms with Crippen LogP contribution in [0, 0.1) is 0 Å². The van der Waals surface area contributed by atoms with Crippen molar-refractivity contribution in [3.8, 4) is 11.1 Å². The molecule has 1 aliphatic heterocycles. The molecule has 2 unspecified atom stereocenters. The van der Waals surface area contributed by atoms with Crippen molar-refractivity contribution in [2.75, 3.05) is 12.3 Å². The second-order valence-electron chi connectivity index (χ2n) is 7.93. The lowest BCUT2D eigenvalue weighted by Crippen LogP contribution is -2.40. The number of hydrogen-bond donors (Lipinski definition) is 3. The smallest absolute Gasteiger partial charge is 0.234 e. The number of carbonyl (C=O) groups excluding carboxylic acids is 1. The summed E-state index contributed by atoms with van der Waals surface area (Å²) >= 11 is 0. The standard InChI is InChI=1S/C23H24N6O/c24-21-12-20(15-7-8-19(22(25)30)26-10-9-15)28-23-18(13-27-29(21)23)17-6-5-14-3-1-2-4-16(14)11-17/h1-6,11-13,15,19,26H,7-10,24H2,(H2,25,30). The van der Waals surface area contributed by atoms with Gasteiger partial charge < -0.3 is 16.8 Å². The lowest BCUT2D eigenvalue weighted by molar-refractivity contribution is -0.120. The zero-order valence-electron chi connectivity index (χ0n) is 16.6. The van der Waals surface area contributed by atoms with Crippen molar-refractivity contribution in [1.29, 1.82) is 0 Å². The molecule has 0 spiro atoms. The number of carbonyl (C=O) groups is 1. The number of primary amides is 1. The van der Waals surface area contributed by atoms with Crippen LogP contribution in [-0.4, -0.2) is 33.1 Å². The summed E-state index contributed by atoms with van der Waals surface area (Å²) in [4.78, 5) is 16.5. The third kappa shape index (κ3) is 3.27. The van der Waals surface area contributed by atoms with Gasteiger partial charge in [-0.25, -0.2) is 4.98 Å². The Morgan fingerprint density at radius 2 is 1.90 bits per heavy atom. The van der Waals surface area contributed by atoms with Crippen LogP contribution in [0.1, 0.15) is 30.9 Å². The van der Waals surface area contributed by atoms with E-state index >= 15 is 0 Å². The summed E-state index contributed by atoms with van der Waals surface area (Å²) in [6, 6.07) is 16.3. The normalized spacial score (nSPS) is 19.7. The summed E-state index contributed by atoms with van der Waals surface area (Å²) in [5.41, 5.74) is 15.5. The second kappa shape index (κ2) is 7.42. The van der Waals surface area contributed by atoms with Gasteiger partial charge in [-0.2, -0.15) is 9.61 Å². The Morgan fingerprint density at radius 1 is 1.07 bits per heavy atom. The maximum Gasteiger partial charge on any atom is 0.234 e. The number of fused-ring (bicyclic) bond motifs is 2. The Morgan fingerprint density at radius 3 is 2.73 bits per heavy atom. The fraction of sp³-hybridized carbons (Fsp3) is 0.261. The summed E-state index contributed by atoms with van der Waals surface area (Å²) in [6.07, 6.45) is 4.24. The highest BCUT2D eigenvalue weighted by molar-refractivity contribution is 5.90. The van der Waals surface area contributed by atoms with Crippen molar-refractivity contribution in [1.82, 2.24) is 19.9 Å². The van der Waals surface area contributed by atoms with Crippen LogP contribution in [0.25, 0.3) is 27.5 Å². The van der Waals surface area contributed by atoms with E-state index in [2.05, 4.69) is 40.7 Å². The summed E-state index contributed by atoms with van der Waals surface area (Å²) < 4.78 is 1.69. The zero-order chi connectivity index (χ0) is 20.7. The Kier molecular flexibility index (Phi) is 4.59. The summed E-state index contributed by atoms with van der Waals surface area (Å²) in [5, 5.41) is 10.1. The molecule has 1 aliphatic rings. The highest BCUT2D eigenvalue weighted by atomic mass is 16.1. The molecule has 1 fully saturated rings. The molecule has 30 heavy (non-hydrogen) atoms. The first-order valence-corrected chi connectivity index (χ1v) is 10.3. The molecule has 0 bridgehead atoms. The first-order valence-electron chi connectivity index (χ1n) is 10.3. The lowest BCUT2D eigenvalue weighted by atomic mass is 9.95.